The molecular formula is C10H10N2O2. The van der Waals surface area contributed by atoms with Crippen molar-refractivity contribution in [2.24, 2.45) is 0 Å². The first-order chi connectivity index (χ1) is 6.65. The predicted octanol–water partition coefficient (Wildman–Crippen LogP) is 0.376. The molecule has 4 heteroatoms. The van der Waals surface area contributed by atoms with Crippen molar-refractivity contribution in [3.8, 4) is 11.8 Å². The van der Waals surface area contributed by atoms with Crippen LogP contribution in [0.4, 0.5) is 11.4 Å². The monoisotopic (exact) mass is 190 g/mol. The van der Waals surface area contributed by atoms with Crippen LogP contribution in [0.3, 0.4) is 0 Å². The van der Waals surface area contributed by atoms with E-state index in [9.17, 15) is 4.79 Å². The minimum atomic E-state index is -0.605. The van der Waals surface area contributed by atoms with Crippen molar-refractivity contribution in [2.45, 2.75) is 0 Å². The second kappa shape index (κ2) is 4.19. The highest BCUT2D eigenvalue weighted by Crippen LogP contribution is 2.17. The Morgan fingerprint density at radius 2 is 2.14 bits per heavy atom. The predicted molar refractivity (Wildman–Crippen MR) is 54.2 cm³/mol. The number of rotatable bonds is 0. The molecule has 0 aliphatic rings. The Hall–Kier alpha value is -2.15. The number of anilines is 2. The zero-order valence-corrected chi connectivity index (χ0v) is 7.70. The first-order valence-corrected chi connectivity index (χ1v) is 3.89. The summed E-state index contributed by atoms with van der Waals surface area (Å²) in [6.45, 7) is 0. The van der Waals surface area contributed by atoms with Gasteiger partial charge in [-0.05, 0) is 12.1 Å². The first kappa shape index (κ1) is 9.93. The molecule has 0 fully saturated rings. The van der Waals surface area contributed by atoms with Gasteiger partial charge < -0.3 is 16.2 Å². The van der Waals surface area contributed by atoms with Crippen molar-refractivity contribution >= 4 is 17.3 Å². The fourth-order valence-electron chi connectivity index (χ4n) is 0.861. The second-order valence-electron chi connectivity index (χ2n) is 2.55. The SMILES string of the molecule is COC(=O)C#Cc1cccc(N)c1N. The van der Waals surface area contributed by atoms with Crippen LogP contribution in [0.15, 0.2) is 18.2 Å². The Balaban J connectivity index is 3.01. The van der Waals surface area contributed by atoms with Crippen LogP contribution in [0, 0.1) is 11.8 Å². The van der Waals surface area contributed by atoms with Crippen LogP contribution in [-0.2, 0) is 9.53 Å². The molecule has 0 amide bonds. The maximum absolute atomic E-state index is 10.7. The van der Waals surface area contributed by atoms with Gasteiger partial charge in [-0.1, -0.05) is 12.0 Å². The van der Waals surface area contributed by atoms with Gasteiger partial charge in [0.15, 0.2) is 0 Å². The highest BCUT2D eigenvalue weighted by molar-refractivity contribution is 5.89. The van der Waals surface area contributed by atoms with E-state index in [0.29, 0.717) is 16.9 Å². The third kappa shape index (κ3) is 2.17. The minimum Gasteiger partial charge on any atom is -0.459 e. The van der Waals surface area contributed by atoms with Crippen molar-refractivity contribution in [2.75, 3.05) is 18.6 Å². The van der Waals surface area contributed by atoms with Crippen molar-refractivity contribution in [1.82, 2.24) is 0 Å². The number of nitrogen functional groups attached to an aromatic ring is 2. The Morgan fingerprint density at radius 3 is 2.79 bits per heavy atom. The molecule has 1 rings (SSSR count). The number of ether oxygens (including phenoxy) is 1. The molecule has 0 saturated carbocycles. The van der Waals surface area contributed by atoms with E-state index >= 15 is 0 Å². The fourth-order valence-corrected chi connectivity index (χ4v) is 0.861. The summed E-state index contributed by atoms with van der Waals surface area (Å²) in [7, 11) is 1.26. The van der Waals surface area contributed by atoms with E-state index in [1.54, 1.807) is 18.2 Å². The van der Waals surface area contributed by atoms with E-state index in [4.69, 9.17) is 11.5 Å². The molecule has 4 nitrogen and oxygen atoms in total. The number of nitrogens with two attached hydrogens (primary N) is 2. The van der Waals surface area contributed by atoms with Crippen LogP contribution in [0.1, 0.15) is 5.56 Å². The fraction of sp³-hybridized carbons (Fsp3) is 0.100. The summed E-state index contributed by atoms with van der Waals surface area (Å²) >= 11 is 0. The number of hydrogen-bond acceptors (Lipinski definition) is 4. The lowest BCUT2D eigenvalue weighted by atomic mass is 10.1. The lowest BCUT2D eigenvalue weighted by molar-refractivity contribution is -0.133. The smallest absolute Gasteiger partial charge is 0.384 e. The van der Waals surface area contributed by atoms with Gasteiger partial charge in [0.25, 0.3) is 0 Å². The molecule has 0 heterocycles. The molecule has 1 aromatic carbocycles. The summed E-state index contributed by atoms with van der Waals surface area (Å²) in [6, 6.07) is 5.06. The van der Waals surface area contributed by atoms with E-state index in [0.717, 1.165) is 0 Å². The van der Waals surface area contributed by atoms with Gasteiger partial charge in [0.2, 0.25) is 0 Å². The number of methoxy groups -OCH3 is 1. The van der Waals surface area contributed by atoms with Crippen molar-refractivity contribution in [1.29, 1.82) is 0 Å². The van der Waals surface area contributed by atoms with Gasteiger partial charge in [0.1, 0.15) is 0 Å². The van der Waals surface area contributed by atoms with Gasteiger partial charge in [-0.2, -0.15) is 0 Å². The summed E-state index contributed by atoms with van der Waals surface area (Å²) < 4.78 is 4.36. The average molecular weight is 190 g/mol. The lowest BCUT2D eigenvalue weighted by Gasteiger charge is -2.00. The zero-order chi connectivity index (χ0) is 10.6. The molecule has 1 aromatic rings. The summed E-state index contributed by atoms with van der Waals surface area (Å²) in [5.74, 6) is 4.24. The summed E-state index contributed by atoms with van der Waals surface area (Å²) in [5.41, 5.74) is 12.5. The molecule has 0 aromatic heterocycles. The van der Waals surface area contributed by atoms with Crippen LogP contribution in [0.2, 0.25) is 0 Å². The van der Waals surface area contributed by atoms with Crippen LogP contribution >= 0.6 is 0 Å². The molecule has 14 heavy (non-hydrogen) atoms. The summed E-state index contributed by atoms with van der Waals surface area (Å²) in [4.78, 5) is 10.7. The number of para-hydroxylation sites is 1. The minimum absolute atomic E-state index is 0.379. The molecule has 0 radical (unpaired) electrons. The Morgan fingerprint density at radius 1 is 1.43 bits per heavy atom. The number of hydrogen-bond donors (Lipinski definition) is 2. The first-order valence-electron chi connectivity index (χ1n) is 3.89. The summed E-state index contributed by atoms with van der Waals surface area (Å²) in [6.07, 6.45) is 0. The van der Waals surface area contributed by atoms with Crippen LogP contribution in [-0.4, -0.2) is 13.1 Å². The number of carbonyl (C=O) groups excluding carboxylic acids is 1. The number of benzene rings is 1. The van der Waals surface area contributed by atoms with E-state index in [1.165, 1.54) is 7.11 Å². The maximum atomic E-state index is 10.7. The second-order valence-corrected chi connectivity index (χ2v) is 2.55. The van der Waals surface area contributed by atoms with Gasteiger partial charge in [0.05, 0.1) is 24.0 Å². The van der Waals surface area contributed by atoms with Crippen LogP contribution in [0.5, 0.6) is 0 Å². The normalized spacial score (nSPS) is 8.64. The molecule has 0 aliphatic heterocycles. The Bertz CT molecular complexity index is 416. The van der Waals surface area contributed by atoms with E-state index in [-0.39, 0.29) is 0 Å². The van der Waals surface area contributed by atoms with Crippen molar-refractivity contribution < 1.29 is 9.53 Å². The quantitative estimate of drug-likeness (QED) is 0.352. The average Bonchev–Trinajstić information content (AvgIpc) is 2.20. The third-order valence-corrected chi connectivity index (χ3v) is 1.62. The number of carbonyl (C=O) groups is 1. The highest BCUT2D eigenvalue weighted by atomic mass is 16.5. The standard InChI is InChI=1S/C10H10N2O2/c1-14-9(13)6-5-7-3-2-4-8(11)10(7)12/h2-4H,11-12H2,1H3. The molecule has 0 bridgehead atoms. The molecule has 4 N–H and O–H groups in total. The Labute approximate surface area is 81.8 Å². The van der Waals surface area contributed by atoms with Gasteiger partial charge in [-0.15, -0.1) is 0 Å². The molecule has 0 spiro atoms. The Kier molecular flexibility index (Phi) is 2.97. The maximum Gasteiger partial charge on any atom is 0.384 e. The highest BCUT2D eigenvalue weighted by Gasteiger charge is 1.98. The van der Waals surface area contributed by atoms with E-state index in [2.05, 4.69) is 16.6 Å². The van der Waals surface area contributed by atoms with Gasteiger partial charge in [0, 0.05) is 5.92 Å². The van der Waals surface area contributed by atoms with Gasteiger partial charge in [-0.25, -0.2) is 4.79 Å². The summed E-state index contributed by atoms with van der Waals surface area (Å²) in [5, 5.41) is 0. The number of esters is 1. The lowest BCUT2D eigenvalue weighted by Crippen LogP contribution is -1.98. The van der Waals surface area contributed by atoms with Crippen LogP contribution in [0.25, 0.3) is 0 Å². The van der Waals surface area contributed by atoms with E-state index < -0.39 is 5.97 Å². The molecular weight excluding hydrogens is 180 g/mol. The molecule has 0 unspecified atom stereocenters. The van der Waals surface area contributed by atoms with Crippen LogP contribution < -0.4 is 11.5 Å². The van der Waals surface area contributed by atoms with Crippen molar-refractivity contribution in [3.05, 3.63) is 23.8 Å². The topological polar surface area (TPSA) is 78.3 Å². The van der Waals surface area contributed by atoms with Gasteiger partial charge >= 0.3 is 5.97 Å². The molecule has 0 aliphatic carbocycles. The third-order valence-electron chi connectivity index (χ3n) is 1.62. The largest absolute Gasteiger partial charge is 0.459 e. The molecule has 0 atom stereocenters. The van der Waals surface area contributed by atoms with Crippen molar-refractivity contribution in [3.63, 3.8) is 0 Å². The van der Waals surface area contributed by atoms with E-state index in [1.807, 2.05) is 0 Å². The molecule has 72 valence electrons. The van der Waals surface area contributed by atoms with Gasteiger partial charge in [-0.3, -0.25) is 0 Å². The molecule has 0 saturated heterocycles. The zero-order valence-electron chi connectivity index (χ0n) is 7.70.